The van der Waals surface area contributed by atoms with E-state index in [1.807, 2.05) is 12.1 Å². The van der Waals surface area contributed by atoms with Gasteiger partial charge in [-0.3, -0.25) is 34.1 Å². The van der Waals surface area contributed by atoms with Crippen molar-refractivity contribution >= 4 is 32.4 Å². The number of nitrogens with one attached hydrogen (secondary N) is 2. The largest absolute Gasteiger partial charge is 0.315 e. The molecule has 2 saturated heterocycles. The quantitative estimate of drug-likeness (QED) is 0.559. The van der Waals surface area contributed by atoms with Crippen LogP contribution in [-0.4, -0.2) is 58.0 Å². The fourth-order valence-electron chi connectivity index (χ4n) is 4.10. The van der Waals surface area contributed by atoms with Crippen LogP contribution in [0.15, 0.2) is 12.1 Å². The van der Waals surface area contributed by atoms with Gasteiger partial charge in [0.1, 0.15) is 6.04 Å². The number of imide groups is 2. The van der Waals surface area contributed by atoms with Crippen molar-refractivity contribution in [2.24, 2.45) is 0 Å². The highest BCUT2D eigenvalue weighted by atomic mass is 31.1. The van der Waals surface area contributed by atoms with E-state index in [9.17, 15) is 19.2 Å². The average molecular weight is 386 g/mol. The van der Waals surface area contributed by atoms with Crippen LogP contribution in [0, 0.1) is 0 Å². The molecule has 2 atom stereocenters. The minimum Gasteiger partial charge on any atom is -0.315 e. The lowest BCUT2D eigenvalue weighted by Crippen LogP contribution is -2.54. The zero-order valence-electron chi connectivity index (χ0n) is 14.6. The summed E-state index contributed by atoms with van der Waals surface area (Å²) in [5, 5.41) is 5.50. The van der Waals surface area contributed by atoms with E-state index >= 15 is 0 Å². The zero-order chi connectivity index (χ0) is 18.7. The molecule has 4 heterocycles. The number of carbonyl (C=O) groups is 4. The maximum Gasteiger partial charge on any atom is 0.262 e. The molecule has 1 aromatic rings. The molecule has 0 aromatic heterocycles. The smallest absolute Gasteiger partial charge is 0.262 e. The molecule has 0 radical (unpaired) electrons. The molecule has 4 aliphatic heterocycles. The third-order valence-electron chi connectivity index (χ3n) is 5.63. The number of piperidine rings is 1. The molecule has 5 rings (SSSR count). The molecular formula is C18H19N4O4P. The summed E-state index contributed by atoms with van der Waals surface area (Å²) in [6.07, 6.45) is 0.312. The third kappa shape index (κ3) is 2.71. The Morgan fingerprint density at radius 3 is 2.11 bits per heavy atom. The van der Waals surface area contributed by atoms with Crippen molar-refractivity contribution in [2.75, 3.05) is 13.1 Å². The highest BCUT2D eigenvalue weighted by Gasteiger charge is 2.45. The van der Waals surface area contributed by atoms with Crippen molar-refractivity contribution in [1.82, 2.24) is 20.2 Å². The standard InChI is InChI=1S/C18H19N4O4P/c23-15-2-1-14(16(24)20-15)22-17(25)12-3-9-7-21(27-11-5-19-6-11)8-10(9)4-13(12)18(22)26/h3-4,11,14,19,27H,1-2,5-8H2,(H,20,23,24). The van der Waals surface area contributed by atoms with Crippen LogP contribution in [0.3, 0.4) is 0 Å². The average Bonchev–Trinajstić information content (AvgIpc) is 3.09. The Morgan fingerprint density at radius 1 is 0.963 bits per heavy atom. The summed E-state index contributed by atoms with van der Waals surface area (Å²) < 4.78 is 2.37. The number of fused-ring (bicyclic) bond motifs is 2. The van der Waals surface area contributed by atoms with Crippen molar-refractivity contribution in [1.29, 1.82) is 0 Å². The predicted octanol–water partition coefficient (Wildman–Crippen LogP) is -0.0313. The second kappa shape index (κ2) is 6.19. The number of amides is 4. The Morgan fingerprint density at radius 2 is 1.59 bits per heavy atom. The maximum absolute atomic E-state index is 12.9. The Hall–Kier alpha value is -2.15. The van der Waals surface area contributed by atoms with E-state index < -0.39 is 23.8 Å². The molecule has 1 aromatic carbocycles. The number of nitrogens with zero attached hydrogens (tertiary/aromatic N) is 2. The SMILES string of the molecule is O=C1CCC(N2C(=O)c3cc4c(cc3C2=O)CN(PC2CNC2)C4)C(=O)N1. The first kappa shape index (κ1) is 17.0. The van der Waals surface area contributed by atoms with E-state index in [1.165, 1.54) is 0 Å². The van der Waals surface area contributed by atoms with Gasteiger partial charge in [0, 0.05) is 38.3 Å². The van der Waals surface area contributed by atoms with Gasteiger partial charge in [-0.1, -0.05) is 0 Å². The van der Waals surface area contributed by atoms with Crippen molar-refractivity contribution < 1.29 is 19.2 Å². The molecule has 9 heteroatoms. The predicted molar refractivity (Wildman–Crippen MR) is 97.3 cm³/mol. The van der Waals surface area contributed by atoms with Crippen molar-refractivity contribution in [2.45, 2.75) is 37.6 Å². The fraction of sp³-hybridized carbons (Fsp3) is 0.444. The van der Waals surface area contributed by atoms with Crippen molar-refractivity contribution in [3.05, 3.63) is 34.4 Å². The van der Waals surface area contributed by atoms with Crippen LogP contribution in [0.4, 0.5) is 0 Å². The van der Waals surface area contributed by atoms with E-state index in [4.69, 9.17) is 0 Å². The second-order valence-corrected chi connectivity index (χ2v) is 9.16. The molecule has 27 heavy (non-hydrogen) atoms. The molecule has 2 fully saturated rings. The number of benzene rings is 1. The van der Waals surface area contributed by atoms with Gasteiger partial charge in [0.05, 0.1) is 11.1 Å². The number of hydrogen-bond acceptors (Lipinski definition) is 6. The molecule has 0 saturated carbocycles. The van der Waals surface area contributed by atoms with E-state index in [0.717, 1.165) is 50.9 Å². The van der Waals surface area contributed by atoms with Gasteiger partial charge < -0.3 is 5.32 Å². The summed E-state index contributed by atoms with van der Waals surface area (Å²) in [6.45, 7) is 3.69. The van der Waals surface area contributed by atoms with Gasteiger partial charge in [0.2, 0.25) is 11.8 Å². The van der Waals surface area contributed by atoms with Crippen LogP contribution >= 0.6 is 8.73 Å². The monoisotopic (exact) mass is 386 g/mol. The first-order valence-corrected chi connectivity index (χ1v) is 10.1. The van der Waals surface area contributed by atoms with Crippen LogP contribution in [0.2, 0.25) is 0 Å². The van der Waals surface area contributed by atoms with Gasteiger partial charge in [-0.2, -0.15) is 0 Å². The zero-order valence-corrected chi connectivity index (χ0v) is 15.6. The fourth-order valence-corrected chi connectivity index (χ4v) is 5.61. The van der Waals surface area contributed by atoms with Gasteiger partial charge >= 0.3 is 0 Å². The topological polar surface area (TPSA) is 98.8 Å². The Labute approximate surface area is 157 Å². The molecule has 2 N–H and O–H groups in total. The normalized spacial score (nSPS) is 25.9. The lowest BCUT2D eigenvalue weighted by atomic mass is 10.0. The lowest BCUT2D eigenvalue weighted by Gasteiger charge is -2.30. The minimum atomic E-state index is -0.908. The summed E-state index contributed by atoms with van der Waals surface area (Å²) in [5.74, 6) is -1.81. The Bertz CT molecular complexity index is 853. The summed E-state index contributed by atoms with van der Waals surface area (Å²) in [5.41, 5.74) is 3.61. The highest BCUT2D eigenvalue weighted by Crippen LogP contribution is 2.39. The number of rotatable bonds is 3. The summed E-state index contributed by atoms with van der Waals surface area (Å²) >= 11 is 0. The molecule has 8 nitrogen and oxygen atoms in total. The molecule has 140 valence electrons. The van der Waals surface area contributed by atoms with Gasteiger partial charge in [0.15, 0.2) is 0 Å². The maximum atomic E-state index is 12.9. The van der Waals surface area contributed by atoms with E-state index in [2.05, 4.69) is 15.3 Å². The van der Waals surface area contributed by atoms with E-state index in [0.29, 0.717) is 16.8 Å². The van der Waals surface area contributed by atoms with Gasteiger partial charge in [0.25, 0.3) is 11.8 Å². The molecule has 2 unspecified atom stereocenters. The molecular weight excluding hydrogens is 367 g/mol. The van der Waals surface area contributed by atoms with E-state index in [1.54, 1.807) is 0 Å². The molecule has 0 spiro atoms. The Kier molecular flexibility index (Phi) is 3.89. The third-order valence-corrected chi connectivity index (χ3v) is 7.08. The number of carbonyl (C=O) groups excluding carboxylic acids is 4. The van der Waals surface area contributed by atoms with Crippen LogP contribution in [0.1, 0.15) is 44.7 Å². The Balaban J connectivity index is 1.39. The molecule has 4 amide bonds. The minimum absolute atomic E-state index is 0.131. The number of hydrogen-bond donors (Lipinski definition) is 2. The van der Waals surface area contributed by atoms with Crippen LogP contribution in [-0.2, 0) is 22.7 Å². The highest BCUT2D eigenvalue weighted by molar-refractivity contribution is 7.36. The second-order valence-electron chi connectivity index (χ2n) is 7.45. The van der Waals surface area contributed by atoms with Crippen molar-refractivity contribution in [3.8, 4) is 0 Å². The van der Waals surface area contributed by atoms with Crippen LogP contribution in [0.25, 0.3) is 0 Å². The molecule has 0 bridgehead atoms. The summed E-state index contributed by atoms with van der Waals surface area (Å²) in [7, 11) is 0.741. The van der Waals surface area contributed by atoms with Crippen LogP contribution in [0.5, 0.6) is 0 Å². The first-order valence-electron chi connectivity index (χ1n) is 9.10. The summed E-state index contributed by atoms with van der Waals surface area (Å²) in [4.78, 5) is 50.2. The van der Waals surface area contributed by atoms with Gasteiger partial charge in [-0.15, -0.1) is 0 Å². The molecule has 0 aliphatic carbocycles. The van der Waals surface area contributed by atoms with E-state index in [-0.39, 0.29) is 18.7 Å². The lowest BCUT2D eigenvalue weighted by molar-refractivity contribution is -0.136. The van der Waals surface area contributed by atoms with Crippen molar-refractivity contribution in [3.63, 3.8) is 0 Å². The first-order chi connectivity index (χ1) is 13.0. The molecule has 4 aliphatic rings. The van der Waals surface area contributed by atoms with Gasteiger partial charge in [-0.25, -0.2) is 0 Å². The summed E-state index contributed by atoms with van der Waals surface area (Å²) in [6, 6.07) is 2.73. The van der Waals surface area contributed by atoms with Crippen LogP contribution < -0.4 is 10.6 Å². The van der Waals surface area contributed by atoms with Gasteiger partial charge in [-0.05, 0) is 38.4 Å².